The van der Waals surface area contributed by atoms with Crippen molar-refractivity contribution >= 4 is 40.7 Å². The average Bonchev–Trinajstić information content (AvgIpc) is 3.34. The van der Waals surface area contributed by atoms with Gasteiger partial charge in [-0.25, -0.2) is 4.98 Å². The number of morpholine rings is 1. The van der Waals surface area contributed by atoms with E-state index in [4.69, 9.17) is 22.1 Å². The van der Waals surface area contributed by atoms with Crippen LogP contribution in [0, 0.1) is 5.92 Å². The molecule has 3 amide bonds. The standard InChI is InChI=1S/C24H28ClF3N6O4/c25-17-6-5-16(33-7-9-38-10-8-33)11-18(17)32-22(36)14-1-3-15(4-2-14)34-13-31-19(20(34)21(29)35)23(37)30-12-24(26,27)28/h5-6,11,13-15H,1-4,7-10,12H2,(H2,29,35)(H,30,37)(H,32,36). The first-order chi connectivity index (χ1) is 18.0. The second-order valence-corrected chi connectivity index (χ2v) is 9.68. The van der Waals surface area contributed by atoms with Gasteiger partial charge in [0.25, 0.3) is 11.8 Å². The lowest BCUT2D eigenvalue weighted by atomic mass is 9.85. The van der Waals surface area contributed by atoms with Crippen LogP contribution in [0.15, 0.2) is 24.5 Å². The molecule has 0 unspecified atom stereocenters. The van der Waals surface area contributed by atoms with Gasteiger partial charge in [0.05, 0.1) is 30.3 Å². The normalized spacial score (nSPS) is 20.2. The third kappa shape index (κ3) is 6.57. The van der Waals surface area contributed by atoms with Gasteiger partial charge in [-0.1, -0.05) is 11.6 Å². The molecular formula is C24H28ClF3N6O4. The SMILES string of the molecule is NC(=O)c1c(C(=O)NCC(F)(F)F)ncn1C1CCC(C(=O)Nc2cc(N3CCOCC3)ccc2Cl)CC1. The molecule has 0 spiro atoms. The molecule has 1 aliphatic carbocycles. The summed E-state index contributed by atoms with van der Waals surface area (Å²) in [6, 6.07) is 5.18. The Morgan fingerprint density at radius 1 is 1.13 bits per heavy atom. The monoisotopic (exact) mass is 556 g/mol. The number of rotatable bonds is 7. The molecule has 1 aromatic carbocycles. The molecule has 206 valence electrons. The molecule has 10 nitrogen and oxygen atoms in total. The fourth-order valence-electron chi connectivity index (χ4n) is 4.79. The number of primary amides is 1. The highest BCUT2D eigenvalue weighted by molar-refractivity contribution is 6.33. The number of hydrogen-bond acceptors (Lipinski definition) is 6. The number of nitrogens with one attached hydrogen (secondary N) is 2. The molecular weight excluding hydrogens is 529 g/mol. The van der Waals surface area contributed by atoms with E-state index in [2.05, 4.69) is 15.2 Å². The molecule has 2 aliphatic rings. The third-order valence-electron chi connectivity index (χ3n) is 6.74. The molecule has 1 aliphatic heterocycles. The molecule has 38 heavy (non-hydrogen) atoms. The minimum atomic E-state index is -4.61. The van der Waals surface area contributed by atoms with E-state index in [9.17, 15) is 27.6 Å². The summed E-state index contributed by atoms with van der Waals surface area (Å²) in [6.07, 6.45) is -1.49. The maximum Gasteiger partial charge on any atom is 0.405 e. The maximum absolute atomic E-state index is 13.0. The summed E-state index contributed by atoms with van der Waals surface area (Å²) in [5.74, 6) is -2.62. The maximum atomic E-state index is 13.0. The smallest absolute Gasteiger partial charge is 0.378 e. The average molecular weight is 557 g/mol. The number of amides is 3. The first-order valence-electron chi connectivity index (χ1n) is 12.2. The number of carbonyl (C=O) groups is 3. The van der Waals surface area contributed by atoms with Crippen molar-refractivity contribution in [3.63, 3.8) is 0 Å². The van der Waals surface area contributed by atoms with Crippen LogP contribution in [-0.2, 0) is 9.53 Å². The van der Waals surface area contributed by atoms with Gasteiger partial charge in [0.1, 0.15) is 12.2 Å². The fourth-order valence-corrected chi connectivity index (χ4v) is 4.96. The molecule has 0 bridgehead atoms. The van der Waals surface area contributed by atoms with Gasteiger partial charge in [-0.15, -0.1) is 0 Å². The summed E-state index contributed by atoms with van der Waals surface area (Å²) < 4.78 is 44.2. The predicted molar refractivity (Wildman–Crippen MR) is 133 cm³/mol. The molecule has 1 saturated carbocycles. The molecule has 2 heterocycles. The van der Waals surface area contributed by atoms with Crippen molar-refractivity contribution in [2.75, 3.05) is 43.1 Å². The van der Waals surface area contributed by atoms with Gasteiger partial charge in [-0.2, -0.15) is 13.2 Å². The van der Waals surface area contributed by atoms with Crippen LogP contribution in [0.2, 0.25) is 5.02 Å². The minimum absolute atomic E-state index is 0.183. The predicted octanol–water partition coefficient (Wildman–Crippen LogP) is 3.13. The molecule has 14 heteroatoms. The number of carbonyl (C=O) groups excluding carboxylic acids is 3. The van der Waals surface area contributed by atoms with Crippen molar-refractivity contribution in [1.29, 1.82) is 0 Å². The highest BCUT2D eigenvalue weighted by Gasteiger charge is 2.33. The summed E-state index contributed by atoms with van der Waals surface area (Å²) in [5.41, 5.74) is 6.17. The largest absolute Gasteiger partial charge is 0.405 e. The molecule has 1 aromatic heterocycles. The second kappa shape index (κ2) is 11.6. The van der Waals surface area contributed by atoms with Gasteiger partial charge in [0.15, 0.2) is 5.69 Å². The topological polar surface area (TPSA) is 132 Å². The van der Waals surface area contributed by atoms with Crippen LogP contribution in [0.1, 0.15) is 52.7 Å². The zero-order valence-corrected chi connectivity index (χ0v) is 21.1. The van der Waals surface area contributed by atoms with Crippen molar-refractivity contribution < 1.29 is 32.3 Å². The number of benzene rings is 1. The Morgan fingerprint density at radius 2 is 1.82 bits per heavy atom. The Bertz CT molecular complexity index is 1190. The van der Waals surface area contributed by atoms with Crippen LogP contribution in [0.5, 0.6) is 0 Å². The van der Waals surface area contributed by atoms with Crippen LogP contribution in [0.3, 0.4) is 0 Å². The number of anilines is 2. The molecule has 4 N–H and O–H groups in total. The van der Waals surface area contributed by atoms with Crippen LogP contribution < -0.4 is 21.3 Å². The molecule has 0 atom stereocenters. The number of nitrogens with two attached hydrogens (primary N) is 1. The molecule has 2 fully saturated rings. The van der Waals surface area contributed by atoms with Gasteiger partial charge in [-0.3, -0.25) is 14.4 Å². The van der Waals surface area contributed by atoms with E-state index in [1.165, 1.54) is 10.9 Å². The van der Waals surface area contributed by atoms with Gasteiger partial charge < -0.3 is 30.6 Å². The Labute approximate surface area is 221 Å². The third-order valence-corrected chi connectivity index (χ3v) is 7.07. The summed E-state index contributed by atoms with van der Waals surface area (Å²) in [6.45, 7) is 1.18. The molecule has 4 rings (SSSR count). The van der Waals surface area contributed by atoms with Gasteiger partial charge >= 0.3 is 6.18 Å². The summed E-state index contributed by atoms with van der Waals surface area (Å²) in [4.78, 5) is 43.3. The van der Waals surface area contributed by atoms with E-state index in [0.29, 0.717) is 49.6 Å². The minimum Gasteiger partial charge on any atom is -0.378 e. The first-order valence-corrected chi connectivity index (χ1v) is 12.6. The second-order valence-electron chi connectivity index (χ2n) is 9.27. The Balaban J connectivity index is 1.39. The summed E-state index contributed by atoms with van der Waals surface area (Å²) in [5, 5.41) is 5.05. The van der Waals surface area contributed by atoms with E-state index < -0.39 is 30.2 Å². The number of ether oxygens (including phenoxy) is 1. The number of alkyl halides is 3. The van der Waals surface area contributed by atoms with E-state index >= 15 is 0 Å². The molecule has 0 radical (unpaired) electrons. The number of nitrogens with zero attached hydrogens (tertiary/aromatic N) is 3. The van der Waals surface area contributed by atoms with Crippen molar-refractivity contribution in [3.05, 3.63) is 40.9 Å². The van der Waals surface area contributed by atoms with E-state index in [1.807, 2.05) is 12.1 Å². The number of imidazole rings is 1. The van der Waals surface area contributed by atoms with Crippen molar-refractivity contribution in [1.82, 2.24) is 14.9 Å². The molecule has 1 saturated heterocycles. The van der Waals surface area contributed by atoms with Crippen LogP contribution in [0.25, 0.3) is 0 Å². The van der Waals surface area contributed by atoms with E-state index in [-0.39, 0.29) is 23.6 Å². The number of hydrogen-bond donors (Lipinski definition) is 3. The van der Waals surface area contributed by atoms with Gasteiger partial charge in [0.2, 0.25) is 5.91 Å². The quantitative estimate of drug-likeness (QED) is 0.480. The zero-order valence-electron chi connectivity index (χ0n) is 20.4. The number of aromatic nitrogens is 2. The van der Waals surface area contributed by atoms with Gasteiger partial charge in [0, 0.05) is 30.7 Å². The summed E-state index contributed by atoms with van der Waals surface area (Å²) >= 11 is 6.34. The van der Waals surface area contributed by atoms with Gasteiger partial charge in [-0.05, 0) is 43.9 Å². The summed E-state index contributed by atoms with van der Waals surface area (Å²) in [7, 11) is 0. The van der Waals surface area contributed by atoms with E-state index in [0.717, 1.165) is 18.8 Å². The van der Waals surface area contributed by atoms with Crippen LogP contribution in [0.4, 0.5) is 24.5 Å². The molecule has 2 aromatic rings. The lowest BCUT2D eigenvalue weighted by Crippen LogP contribution is -2.36. The van der Waals surface area contributed by atoms with Crippen molar-refractivity contribution in [2.24, 2.45) is 11.7 Å². The Hall–Kier alpha value is -3.32. The number of halogens is 4. The highest BCUT2D eigenvalue weighted by Crippen LogP contribution is 2.35. The fraction of sp³-hybridized carbons (Fsp3) is 0.500. The lowest BCUT2D eigenvalue weighted by molar-refractivity contribution is -0.123. The lowest BCUT2D eigenvalue weighted by Gasteiger charge is -2.30. The Kier molecular flexibility index (Phi) is 8.46. The van der Waals surface area contributed by atoms with Crippen molar-refractivity contribution in [2.45, 2.75) is 37.9 Å². The Morgan fingerprint density at radius 3 is 2.45 bits per heavy atom. The van der Waals surface area contributed by atoms with Crippen LogP contribution in [-0.4, -0.2) is 66.3 Å². The highest BCUT2D eigenvalue weighted by atomic mass is 35.5. The van der Waals surface area contributed by atoms with Crippen molar-refractivity contribution in [3.8, 4) is 0 Å². The van der Waals surface area contributed by atoms with Crippen LogP contribution >= 0.6 is 11.6 Å². The first kappa shape index (κ1) is 27.7. The van der Waals surface area contributed by atoms with E-state index in [1.54, 1.807) is 11.4 Å². The zero-order chi connectivity index (χ0) is 27.4.